The lowest BCUT2D eigenvalue weighted by atomic mass is 10.2. The molecule has 1 heterocycles. The average molecular weight is 437 g/mol. The standard InChI is InChI=1S/C19H24N3O7P/c1-5-26-28-30(23,29-27-6-2)13-14-7-9-15(10-8-14)22-20-16-11-18(24-3)19(25-4)12-17(16)21-22/h7-12H,5-6,13H2,1-4H3. The van der Waals surface area contributed by atoms with E-state index in [1.54, 1.807) is 64.5 Å². The predicted octanol–water partition coefficient (Wildman–Crippen LogP) is 4.07. The van der Waals surface area contributed by atoms with Crippen molar-refractivity contribution in [1.29, 1.82) is 0 Å². The topological polar surface area (TPSA) is 103 Å². The van der Waals surface area contributed by atoms with Crippen LogP contribution in [0.3, 0.4) is 0 Å². The van der Waals surface area contributed by atoms with Gasteiger partial charge in [0.1, 0.15) is 11.0 Å². The zero-order chi connectivity index (χ0) is 21.6. The van der Waals surface area contributed by atoms with Crippen LogP contribution in [0.15, 0.2) is 36.4 Å². The highest BCUT2D eigenvalue weighted by Crippen LogP contribution is 2.51. The van der Waals surface area contributed by atoms with Crippen molar-refractivity contribution in [2.75, 3.05) is 27.4 Å². The summed E-state index contributed by atoms with van der Waals surface area (Å²) in [6.45, 7) is 3.89. The lowest BCUT2D eigenvalue weighted by Gasteiger charge is -2.15. The van der Waals surface area contributed by atoms with Gasteiger partial charge in [-0.2, -0.15) is 4.80 Å². The van der Waals surface area contributed by atoms with Gasteiger partial charge in [-0.3, -0.25) is 4.57 Å². The van der Waals surface area contributed by atoms with Crippen molar-refractivity contribution >= 4 is 18.6 Å². The van der Waals surface area contributed by atoms with Crippen LogP contribution >= 0.6 is 7.60 Å². The summed E-state index contributed by atoms with van der Waals surface area (Å²) < 4.78 is 33.2. The van der Waals surface area contributed by atoms with Gasteiger partial charge in [0.15, 0.2) is 11.5 Å². The van der Waals surface area contributed by atoms with Gasteiger partial charge in [0.2, 0.25) is 0 Å². The Balaban J connectivity index is 1.81. The first-order valence-electron chi connectivity index (χ1n) is 9.31. The van der Waals surface area contributed by atoms with Gasteiger partial charge in [-0.25, -0.2) is 9.78 Å². The van der Waals surface area contributed by atoms with Gasteiger partial charge in [0.25, 0.3) is 0 Å². The Morgan fingerprint density at radius 1 is 0.867 bits per heavy atom. The van der Waals surface area contributed by atoms with Crippen LogP contribution in [0, 0.1) is 0 Å². The molecule has 1 aromatic heterocycles. The molecule has 0 atom stereocenters. The Bertz CT molecular complexity index is 970. The van der Waals surface area contributed by atoms with Crippen molar-refractivity contribution < 1.29 is 33.2 Å². The monoisotopic (exact) mass is 437 g/mol. The highest BCUT2D eigenvalue weighted by atomic mass is 31.2. The molecule has 0 unspecified atom stereocenters. The number of methoxy groups -OCH3 is 2. The van der Waals surface area contributed by atoms with Crippen LogP contribution in [-0.4, -0.2) is 42.4 Å². The third-order valence-corrected chi connectivity index (χ3v) is 5.41. The molecule has 3 rings (SSSR count). The molecule has 30 heavy (non-hydrogen) atoms. The number of aromatic nitrogens is 3. The van der Waals surface area contributed by atoms with Gasteiger partial charge >= 0.3 is 7.60 Å². The maximum atomic E-state index is 12.7. The van der Waals surface area contributed by atoms with Crippen molar-refractivity contribution in [1.82, 2.24) is 15.0 Å². The Hall–Kier alpha value is -2.49. The SMILES string of the molecule is CCOOP(=O)(Cc1ccc(-n2nc3cc(OC)c(OC)cc3n2)cc1)OOCC. The van der Waals surface area contributed by atoms with E-state index >= 15 is 0 Å². The van der Waals surface area contributed by atoms with Crippen LogP contribution in [0.4, 0.5) is 0 Å². The number of fused-ring (bicyclic) bond motifs is 1. The molecule has 2 aromatic carbocycles. The largest absolute Gasteiger partial charge is 0.493 e. The van der Waals surface area contributed by atoms with E-state index in [9.17, 15) is 4.57 Å². The minimum Gasteiger partial charge on any atom is -0.493 e. The molecular formula is C19H24N3O7P. The summed E-state index contributed by atoms with van der Waals surface area (Å²) >= 11 is 0. The van der Waals surface area contributed by atoms with Gasteiger partial charge in [0.05, 0.1) is 39.3 Å². The summed E-state index contributed by atoms with van der Waals surface area (Å²) in [5.74, 6) is 1.15. The summed E-state index contributed by atoms with van der Waals surface area (Å²) in [6.07, 6.45) is -0.0177. The van der Waals surface area contributed by atoms with E-state index in [0.29, 0.717) is 28.1 Å². The smallest absolute Gasteiger partial charge is 0.388 e. The van der Waals surface area contributed by atoms with Gasteiger partial charge < -0.3 is 9.47 Å². The first kappa shape index (κ1) is 22.2. The Morgan fingerprint density at radius 2 is 1.37 bits per heavy atom. The van der Waals surface area contributed by atoms with Gasteiger partial charge in [-0.15, -0.1) is 19.5 Å². The van der Waals surface area contributed by atoms with E-state index in [-0.39, 0.29) is 19.4 Å². The molecule has 0 saturated carbocycles. The molecular weight excluding hydrogens is 413 g/mol. The Labute approximate surface area is 174 Å². The van der Waals surface area contributed by atoms with E-state index in [2.05, 4.69) is 10.2 Å². The van der Waals surface area contributed by atoms with E-state index in [1.807, 2.05) is 0 Å². The van der Waals surface area contributed by atoms with Crippen LogP contribution in [0.5, 0.6) is 11.5 Å². The molecule has 0 amide bonds. The second-order valence-corrected chi connectivity index (χ2v) is 7.92. The molecule has 0 N–H and O–H groups in total. The predicted molar refractivity (Wildman–Crippen MR) is 109 cm³/mol. The zero-order valence-electron chi connectivity index (χ0n) is 17.2. The van der Waals surface area contributed by atoms with Crippen molar-refractivity contribution in [3.8, 4) is 17.2 Å². The minimum absolute atomic E-state index is 0.0177. The maximum Gasteiger partial charge on any atom is 0.388 e. The molecule has 0 bridgehead atoms. The maximum absolute atomic E-state index is 12.7. The van der Waals surface area contributed by atoms with Crippen LogP contribution in [-0.2, 0) is 29.9 Å². The van der Waals surface area contributed by atoms with Gasteiger partial charge in [0, 0.05) is 12.1 Å². The fourth-order valence-corrected chi connectivity index (χ4v) is 3.97. The Kier molecular flexibility index (Phi) is 7.41. The van der Waals surface area contributed by atoms with Gasteiger partial charge in [-0.1, -0.05) is 12.1 Å². The summed E-state index contributed by atoms with van der Waals surface area (Å²) in [5, 5.41) is 8.96. The fourth-order valence-electron chi connectivity index (χ4n) is 2.65. The first-order chi connectivity index (χ1) is 14.5. The lowest BCUT2D eigenvalue weighted by Crippen LogP contribution is -2.02. The van der Waals surface area contributed by atoms with Crippen LogP contribution in [0.1, 0.15) is 19.4 Å². The summed E-state index contributed by atoms with van der Waals surface area (Å²) in [4.78, 5) is 11.1. The molecule has 0 aliphatic heterocycles. The quantitative estimate of drug-likeness (QED) is 0.249. The average Bonchev–Trinajstić information content (AvgIpc) is 3.18. The molecule has 3 aromatic rings. The number of nitrogens with zero attached hydrogens (tertiary/aromatic N) is 3. The molecule has 0 saturated heterocycles. The molecule has 10 nitrogen and oxygen atoms in total. The molecule has 0 spiro atoms. The van der Waals surface area contributed by atoms with E-state index in [0.717, 1.165) is 5.69 Å². The molecule has 0 aliphatic rings. The summed E-state index contributed by atoms with van der Waals surface area (Å²) in [5.41, 5.74) is 2.76. The third-order valence-electron chi connectivity index (χ3n) is 4.00. The lowest BCUT2D eigenvalue weighted by molar-refractivity contribution is -0.263. The van der Waals surface area contributed by atoms with Crippen molar-refractivity contribution in [2.45, 2.75) is 20.0 Å². The highest BCUT2D eigenvalue weighted by Gasteiger charge is 2.28. The number of ether oxygens (including phenoxy) is 2. The molecule has 0 aliphatic carbocycles. The number of rotatable bonds is 11. The fraction of sp³-hybridized carbons (Fsp3) is 0.368. The number of benzene rings is 2. The Morgan fingerprint density at radius 3 is 1.80 bits per heavy atom. The summed E-state index contributed by atoms with van der Waals surface area (Å²) in [7, 11) is -0.482. The van der Waals surface area contributed by atoms with E-state index in [1.165, 1.54) is 4.80 Å². The normalized spacial score (nSPS) is 11.7. The van der Waals surface area contributed by atoms with Crippen molar-refractivity contribution in [3.63, 3.8) is 0 Å². The van der Waals surface area contributed by atoms with Crippen LogP contribution < -0.4 is 9.47 Å². The molecule has 11 heteroatoms. The second kappa shape index (κ2) is 10.0. The molecule has 0 fully saturated rings. The zero-order valence-corrected chi connectivity index (χ0v) is 18.1. The van der Waals surface area contributed by atoms with Gasteiger partial charge in [-0.05, 0) is 31.5 Å². The second-order valence-electron chi connectivity index (χ2n) is 6.08. The minimum atomic E-state index is -3.61. The van der Waals surface area contributed by atoms with E-state index in [4.69, 9.17) is 28.6 Å². The number of hydrogen-bond donors (Lipinski definition) is 0. The van der Waals surface area contributed by atoms with Crippen LogP contribution in [0.25, 0.3) is 16.7 Å². The molecule has 162 valence electrons. The van der Waals surface area contributed by atoms with Crippen molar-refractivity contribution in [2.24, 2.45) is 0 Å². The number of hydrogen-bond acceptors (Lipinski definition) is 9. The molecule has 0 radical (unpaired) electrons. The highest BCUT2D eigenvalue weighted by molar-refractivity contribution is 7.52. The summed E-state index contributed by atoms with van der Waals surface area (Å²) in [6, 6.07) is 10.7. The third kappa shape index (κ3) is 5.16. The van der Waals surface area contributed by atoms with E-state index < -0.39 is 7.60 Å². The first-order valence-corrected chi connectivity index (χ1v) is 11.0. The van der Waals surface area contributed by atoms with Crippen molar-refractivity contribution in [3.05, 3.63) is 42.0 Å². The van der Waals surface area contributed by atoms with Crippen LogP contribution in [0.2, 0.25) is 0 Å².